The SMILES string of the molecule is CC(C)/C(=N/NC(=O)c1cc2ccccc2cc1O)c1ccccc1. The Hall–Kier alpha value is -3.14. The maximum Gasteiger partial charge on any atom is 0.275 e. The molecule has 3 rings (SSSR count). The lowest BCUT2D eigenvalue weighted by atomic mass is 10.0. The van der Waals surface area contributed by atoms with E-state index in [4.69, 9.17) is 0 Å². The molecule has 0 unspecified atom stereocenters. The molecule has 0 aliphatic rings. The zero-order valence-corrected chi connectivity index (χ0v) is 14.2. The summed E-state index contributed by atoms with van der Waals surface area (Å²) in [6.45, 7) is 4.04. The van der Waals surface area contributed by atoms with Gasteiger partial charge in [-0.2, -0.15) is 5.10 Å². The van der Waals surface area contributed by atoms with Crippen LogP contribution in [0.4, 0.5) is 0 Å². The van der Waals surface area contributed by atoms with E-state index in [2.05, 4.69) is 10.5 Å². The van der Waals surface area contributed by atoms with Crippen molar-refractivity contribution in [1.82, 2.24) is 5.43 Å². The van der Waals surface area contributed by atoms with Gasteiger partial charge in [-0.1, -0.05) is 68.4 Å². The summed E-state index contributed by atoms with van der Waals surface area (Å²) in [6.07, 6.45) is 0. The number of phenols is 1. The summed E-state index contributed by atoms with van der Waals surface area (Å²) in [7, 11) is 0. The van der Waals surface area contributed by atoms with E-state index < -0.39 is 5.91 Å². The molecule has 0 aliphatic heterocycles. The van der Waals surface area contributed by atoms with Crippen molar-refractivity contribution in [2.45, 2.75) is 13.8 Å². The van der Waals surface area contributed by atoms with Crippen LogP contribution in [0.2, 0.25) is 0 Å². The van der Waals surface area contributed by atoms with Crippen LogP contribution in [-0.2, 0) is 0 Å². The van der Waals surface area contributed by atoms with E-state index in [1.807, 2.05) is 68.4 Å². The van der Waals surface area contributed by atoms with Crippen molar-refractivity contribution in [3.05, 3.63) is 77.9 Å². The Kier molecular flexibility index (Phi) is 4.80. The number of benzene rings is 3. The second-order valence-corrected chi connectivity index (χ2v) is 6.18. The lowest BCUT2D eigenvalue weighted by molar-refractivity contribution is 0.0952. The zero-order valence-electron chi connectivity index (χ0n) is 14.2. The van der Waals surface area contributed by atoms with Crippen molar-refractivity contribution in [3.8, 4) is 5.75 Å². The normalized spacial score (nSPS) is 11.7. The van der Waals surface area contributed by atoms with E-state index >= 15 is 0 Å². The molecule has 0 spiro atoms. The Labute approximate surface area is 146 Å². The molecule has 0 bridgehead atoms. The lowest BCUT2D eigenvalue weighted by Crippen LogP contribution is -2.22. The predicted molar refractivity (Wildman–Crippen MR) is 101 cm³/mol. The van der Waals surface area contributed by atoms with Gasteiger partial charge in [0.05, 0.1) is 11.3 Å². The standard InChI is InChI=1S/C21H20N2O2/c1-14(2)20(15-8-4-3-5-9-15)22-23-21(25)18-12-16-10-6-7-11-17(16)13-19(18)24/h3-14,24H,1-2H3,(H,23,25)/b22-20-. The number of hydrazone groups is 1. The average Bonchev–Trinajstić information content (AvgIpc) is 2.61. The molecule has 3 aromatic rings. The quantitative estimate of drug-likeness (QED) is 0.551. The molecule has 0 atom stereocenters. The number of phenolic OH excluding ortho intramolecular Hbond substituents is 1. The van der Waals surface area contributed by atoms with Crippen LogP contribution in [0.25, 0.3) is 10.8 Å². The third-order valence-corrected chi connectivity index (χ3v) is 4.00. The summed E-state index contributed by atoms with van der Waals surface area (Å²) in [5, 5.41) is 16.2. The fourth-order valence-corrected chi connectivity index (χ4v) is 2.72. The number of nitrogens with one attached hydrogen (secondary N) is 1. The van der Waals surface area contributed by atoms with Crippen molar-refractivity contribution in [3.63, 3.8) is 0 Å². The summed E-state index contributed by atoms with van der Waals surface area (Å²) in [6, 6.07) is 20.6. The largest absolute Gasteiger partial charge is 0.507 e. The zero-order chi connectivity index (χ0) is 17.8. The van der Waals surface area contributed by atoms with Gasteiger partial charge in [0.1, 0.15) is 5.75 Å². The molecule has 0 heterocycles. The molecule has 0 saturated heterocycles. The topological polar surface area (TPSA) is 61.7 Å². The number of carbonyl (C=O) groups excluding carboxylic acids is 1. The van der Waals surface area contributed by atoms with Crippen molar-refractivity contribution < 1.29 is 9.90 Å². The highest BCUT2D eigenvalue weighted by Crippen LogP contribution is 2.24. The van der Waals surface area contributed by atoms with E-state index in [1.54, 1.807) is 12.1 Å². The smallest absolute Gasteiger partial charge is 0.275 e. The van der Waals surface area contributed by atoms with E-state index in [1.165, 1.54) is 0 Å². The Morgan fingerprint density at radius 3 is 2.20 bits per heavy atom. The molecule has 3 aromatic carbocycles. The van der Waals surface area contributed by atoms with Gasteiger partial charge < -0.3 is 5.11 Å². The van der Waals surface area contributed by atoms with Crippen LogP contribution in [0, 0.1) is 5.92 Å². The second kappa shape index (κ2) is 7.18. The van der Waals surface area contributed by atoms with E-state index in [-0.39, 0.29) is 17.2 Å². The number of hydrogen-bond donors (Lipinski definition) is 2. The first-order chi connectivity index (χ1) is 12.1. The Balaban J connectivity index is 1.90. The Morgan fingerprint density at radius 1 is 0.960 bits per heavy atom. The maximum absolute atomic E-state index is 12.5. The minimum Gasteiger partial charge on any atom is -0.507 e. The molecule has 0 radical (unpaired) electrons. The third-order valence-electron chi connectivity index (χ3n) is 4.00. The van der Waals surface area contributed by atoms with Gasteiger partial charge in [0.25, 0.3) is 5.91 Å². The van der Waals surface area contributed by atoms with Crippen molar-refractivity contribution >= 4 is 22.4 Å². The molecule has 0 saturated carbocycles. The van der Waals surface area contributed by atoms with Crippen LogP contribution in [0.15, 0.2) is 71.8 Å². The van der Waals surface area contributed by atoms with Crippen LogP contribution in [-0.4, -0.2) is 16.7 Å². The summed E-state index contributed by atoms with van der Waals surface area (Å²) in [5.74, 6) is -0.345. The van der Waals surface area contributed by atoms with Gasteiger partial charge in [0.15, 0.2) is 0 Å². The molecular weight excluding hydrogens is 312 g/mol. The van der Waals surface area contributed by atoms with Crippen molar-refractivity contribution in [2.24, 2.45) is 11.0 Å². The third kappa shape index (κ3) is 3.69. The summed E-state index contributed by atoms with van der Waals surface area (Å²) in [4.78, 5) is 12.5. The Morgan fingerprint density at radius 2 is 1.56 bits per heavy atom. The highest BCUT2D eigenvalue weighted by molar-refractivity contribution is 6.05. The average molecular weight is 332 g/mol. The van der Waals surface area contributed by atoms with Crippen LogP contribution in [0.5, 0.6) is 5.75 Å². The lowest BCUT2D eigenvalue weighted by Gasteiger charge is -2.11. The first-order valence-corrected chi connectivity index (χ1v) is 8.21. The molecule has 126 valence electrons. The molecule has 25 heavy (non-hydrogen) atoms. The van der Waals surface area contributed by atoms with Gasteiger partial charge in [0, 0.05) is 0 Å². The van der Waals surface area contributed by atoms with Crippen LogP contribution < -0.4 is 5.43 Å². The van der Waals surface area contributed by atoms with E-state index in [9.17, 15) is 9.90 Å². The molecular formula is C21H20N2O2. The molecule has 2 N–H and O–H groups in total. The summed E-state index contributed by atoms with van der Waals surface area (Å²) < 4.78 is 0. The summed E-state index contributed by atoms with van der Waals surface area (Å²) >= 11 is 0. The second-order valence-electron chi connectivity index (χ2n) is 6.18. The van der Waals surface area contributed by atoms with E-state index in [0.29, 0.717) is 0 Å². The van der Waals surface area contributed by atoms with Gasteiger partial charge in [-0.25, -0.2) is 5.43 Å². The van der Waals surface area contributed by atoms with Gasteiger partial charge in [-0.3, -0.25) is 4.79 Å². The monoisotopic (exact) mass is 332 g/mol. The number of amides is 1. The fourth-order valence-electron chi connectivity index (χ4n) is 2.72. The van der Waals surface area contributed by atoms with Gasteiger partial charge in [-0.15, -0.1) is 0 Å². The van der Waals surface area contributed by atoms with Crippen LogP contribution >= 0.6 is 0 Å². The van der Waals surface area contributed by atoms with Crippen LogP contribution in [0.3, 0.4) is 0 Å². The first-order valence-electron chi connectivity index (χ1n) is 8.21. The number of carbonyl (C=O) groups is 1. The molecule has 0 aliphatic carbocycles. The minimum atomic E-state index is -0.433. The first kappa shape index (κ1) is 16.7. The highest BCUT2D eigenvalue weighted by Gasteiger charge is 2.14. The Bertz CT molecular complexity index is 931. The van der Waals surface area contributed by atoms with Gasteiger partial charge >= 0.3 is 0 Å². The fraction of sp³-hybridized carbons (Fsp3) is 0.143. The van der Waals surface area contributed by atoms with Crippen LogP contribution in [0.1, 0.15) is 29.8 Å². The predicted octanol–water partition coefficient (Wildman–Crippen LogP) is 4.34. The van der Waals surface area contributed by atoms with Crippen molar-refractivity contribution in [2.75, 3.05) is 0 Å². The number of rotatable bonds is 4. The number of nitrogens with zero attached hydrogens (tertiary/aromatic N) is 1. The van der Waals surface area contributed by atoms with E-state index in [0.717, 1.165) is 22.0 Å². The van der Waals surface area contributed by atoms with Crippen molar-refractivity contribution in [1.29, 1.82) is 0 Å². The molecule has 0 fully saturated rings. The number of aromatic hydroxyl groups is 1. The molecule has 0 aromatic heterocycles. The number of fused-ring (bicyclic) bond motifs is 1. The maximum atomic E-state index is 12.5. The molecule has 4 nitrogen and oxygen atoms in total. The minimum absolute atomic E-state index is 0.0581. The summed E-state index contributed by atoms with van der Waals surface area (Å²) in [5.41, 5.74) is 4.53. The number of hydrogen-bond acceptors (Lipinski definition) is 3. The van der Waals surface area contributed by atoms with Gasteiger partial charge in [-0.05, 0) is 34.4 Å². The molecule has 1 amide bonds. The molecule has 4 heteroatoms. The highest BCUT2D eigenvalue weighted by atomic mass is 16.3. The van der Waals surface area contributed by atoms with Gasteiger partial charge in [0.2, 0.25) is 0 Å².